The number of carbonyl (C=O) groups excluding carboxylic acids is 1. The lowest BCUT2D eigenvalue weighted by Crippen LogP contribution is -2.47. The Morgan fingerprint density at radius 3 is 2.40 bits per heavy atom. The van der Waals surface area contributed by atoms with Crippen LogP contribution in [0.15, 0.2) is 24.5 Å². The van der Waals surface area contributed by atoms with Crippen molar-refractivity contribution in [3.8, 4) is 5.75 Å². The van der Waals surface area contributed by atoms with Crippen LogP contribution in [0.3, 0.4) is 0 Å². The van der Waals surface area contributed by atoms with E-state index in [4.69, 9.17) is 23.7 Å². The third-order valence-electron chi connectivity index (χ3n) is 7.43. The van der Waals surface area contributed by atoms with E-state index in [1.807, 2.05) is 0 Å². The fourth-order valence-electron chi connectivity index (χ4n) is 4.99. The molecule has 4 rings (SSSR count). The van der Waals surface area contributed by atoms with Gasteiger partial charge in [-0.25, -0.2) is 14.4 Å². The number of benzene rings is 1. The molecule has 1 unspecified atom stereocenters. The van der Waals surface area contributed by atoms with Crippen LogP contribution in [-0.2, 0) is 23.7 Å². The third kappa shape index (κ3) is 5.78. The molecular weight excluding hydrogens is 538 g/mol. The van der Waals surface area contributed by atoms with E-state index in [9.17, 15) is 22.4 Å². The molecular formula is C27H33F4N3O6. The SMILES string of the molecule is COCCOc1c([C@H]2[C@H](C(=O)Nc3cnc(C4COC(C)(C)O4)nc3)O[C@@](C)(C(F)(F)F)[C@H]2C)ccc(F)c1C. The number of methoxy groups -OCH3 is 1. The Morgan fingerprint density at radius 1 is 1.15 bits per heavy atom. The molecule has 0 radical (unpaired) electrons. The average Bonchev–Trinajstić information content (AvgIpc) is 3.39. The Morgan fingerprint density at radius 2 is 1.82 bits per heavy atom. The molecule has 2 aliphatic heterocycles. The standard InChI is InChI=1S/C27H33F4N3O6/c1-14-18(28)8-7-17(21(14)37-10-9-36-6)20-15(2)26(5,27(29,30)31)40-22(20)24(35)34-16-11-32-23(33-12-16)19-13-38-25(3,4)39-19/h7-8,11-12,15,19-20,22H,9-10,13H2,1-6H3,(H,34,35)/t15-,19?,20-,22+,26+/m0/s1. The normalized spacial score (nSPS) is 28.1. The van der Waals surface area contributed by atoms with E-state index in [0.29, 0.717) is 5.82 Å². The van der Waals surface area contributed by atoms with Crippen molar-refractivity contribution < 1.29 is 46.0 Å². The summed E-state index contributed by atoms with van der Waals surface area (Å²) in [6.07, 6.45) is -4.25. The zero-order valence-electron chi connectivity index (χ0n) is 23.1. The molecule has 2 aromatic rings. The van der Waals surface area contributed by atoms with E-state index in [1.165, 1.54) is 39.4 Å². The quantitative estimate of drug-likeness (QED) is 0.355. The lowest BCUT2D eigenvalue weighted by molar-refractivity contribution is -0.272. The van der Waals surface area contributed by atoms with Gasteiger partial charge in [0.25, 0.3) is 5.91 Å². The van der Waals surface area contributed by atoms with Crippen molar-refractivity contribution in [2.45, 2.75) is 70.3 Å². The summed E-state index contributed by atoms with van der Waals surface area (Å²) >= 11 is 0. The van der Waals surface area contributed by atoms with Crippen LogP contribution < -0.4 is 10.1 Å². The van der Waals surface area contributed by atoms with E-state index < -0.39 is 53.3 Å². The van der Waals surface area contributed by atoms with E-state index in [-0.39, 0.29) is 42.4 Å². The van der Waals surface area contributed by atoms with Gasteiger partial charge < -0.3 is 29.0 Å². The summed E-state index contributed by atoms with van der Waals surface area (Å²) in [5.41, 5.74) is -2.19. The summed E-state index contributed by atoms with van der Waals surface area (Å²) in [4.78, 5) is 21.9. The van der Waals surface area contributed by atoms with Crippen LogP contribution in [0.5, 0.6) is 5.75 Å². The molecule has 5 atom stereocenters. The van der Waals surface area contributed by atoms with Crippen molar-refractivity contribution in [3.05, 3.63) is 47.3 Å². The topological polar surface area (TPSA) is 101 Å². The fraction of sp³-hybridized carbons (Fsp3) is 0.593. The Labute approximate surface area is 229 Å². The number of hydrogen-bond acceptors (Lipinski definition) is 8. The maximum absolute atomic E-state index is 14.5. The van der Waals surface area contributed by atoms with E-state index in [0.717, 1.165) is 13.0 Å². The summed E-state index contributed by atoms with van der Waals surface area (Å²) in [6, 6.07) is 2.47. The monoisotopic (exact) mass is 571 g/mol. The van der Waals surface area contributed by atoms with Gasteiger partial charge in [-0.15, -0.1) is 0 Å². The minimum atomic E-state index is -4.80. The molecule has 40 heavy (non-hydrogen) atoms. The number of nitrogens with one attached hydrogen (secondary N) is 1. The largest absolute Gasteiger partial charge is 0.491 e. The van der Waals surface area contributed by atoms with Crippen LogP contribution in [0.25, 0.3) is 0 Å². The molecule has 220 valence electrons. The number of carbonyl (C=O) groups is 1. The molecule has 0 saturated carbocycles. The van der Waals surface area contributed by atoms with Crippen molar-refractivity contribution in [2.75, 3.05) is 32.2 Å². The van der Waals surface area contributed by atoms with Crippen LogP contribution in [0.4, 0.5) is 23.2 Å². The molecule has 1 aromatic carbocycles. The lowest BCUT2D eigenvalue weighted by Gasteiger charge is -2.32. The van der Waals surface area contributed by atoms with Gasteiger partial charge in [-0.05, 0) is 33.8 Å². The number of rotatable bonds is 8. The zero-order chi connectivity index (χ0) is 29.5. The molecule has 2 aliphatic rings. The van der Waals surface area contributed by atoms with Gasteiger partial charge in [0, 0.05) is 30.1 Å². The molecule has 0 aliphatic carbocycles. The van der Waals surface area contributed by atoms with Crippen LogP contribution in [0.1, 0.15) is 56.7 Å². The highest BCUT2D eigenvalue weighted by molar-refractivity contribution is 5.95. The minimum Gasteiger partial charge on any atom is -0.491 e. The first-order valence-electron chi connectivity index (χ1n) is 12.8. The van der Waals surface area contributed by atoms with E-state index >= 15 is 0 Å². The van der Waals surface area contributed by atoms with Gasteiger partial charge in [0.1, 0.15) is 30.4 Å². The summed E-state index contributed by atoms with van der Waals surface area (Å²) in [5.74, 6) is -4.21. The minimum absolute atomic E-state index is 0.0276. The predicted molar refractivity (Wildman–Crippen MR) is 134 cm³/mol. The predicted octanol–water partition coefficient (Wildman–Crippen LogP) is 4.85. The van der Waals surface area contributed by atoms with Gasteiger partial charge >= 0.3 is 6.18 Å². The second kappa shape index (κ2) is 11.2. The third-order valence-corrected chi connectivity index (χ3v) is 7.43. The Hall–Kier alpha value is -2.87. The molecule has 9 nitrogen and oxygen atoms in total. The highest BCUT2D eigenvalue weighted by atomic mass is 19.4. The molecule has 1 N–H and O–H groups in total. The highest BCUT2D eigenvalue weighted by Crippen LogP contribution is 2.55. The Kier molecular flexibility index (Phi) is 8.42. The maximum atomic E-state index is 14.5. The molecule has 13 heteroatoms. The van der Waals surface area contributed by atoms with Gasteiger partial charge in [-0.3, -0.25) is 4.79 Å². The fourth-order valence-corrected chi connectivity index (χ4v) is 4.99. The summed E-state index contributed by atoms with van der Waals surface area (Å²) in [7, 11) is 1.45. The molecule has 0 bridgehead atoms. The van der Waals surface area contributed by atoms with E-state index in [1.54, 1.807) is 13.8 Å². The van der Waals surface area contributed by atoms with Gasteiger partial charge in [0.05, 0.1) is 31.3 Å². The smallest absolute Gasteiger partial charge is 0.417 e. The number of anilines is 1. The maximum Gasteiger partial charge on any atom is 0.417 e. The molecule has 2 fully saturated rings. The number of amides is 1. The number of aromatic nitrogens is 2. The van der Waals surface area contributed by atoms with Crippen LogP contribution in [0, 0.1) is 18.7 Å². The first-order chi connectivity index (χ1) is 18.7. The van der Waals surface area contributed by atoms with Gasteiger partial charge in [-0.1, -0.05) is 13.0 Å². The van der Waals surface area contributed by atoms with Gasteiger partial charge in [-0.2, -0.15) is 13.2 Å². The number of alkyl halides is 3. The lowest BCUT2D eigenvalue weighted by atomic mass is 9.76. The first-order valence-corrected chi connectivity index (χ1v) is 12.8. The van der Waals surface area contributed by atoms with Crippen LogP contribution >= 0.6 is 0 Å². The van der Waals surface area contributed by atoms with E-state index in [2.05, 4.69) is 15.3 Å². The molecule has 3 heterocycles. The zero-order valence-corrected chi connectivity index (χ0v) is 23.1. The number of ether oxygens (including phenoxy) is 5. The second-order valence-corrected chi connectivity index (χ2v) is 10.5. The Balaban J connectivity index is 1.65. The van der Waals surface area contributed by atoms with Crippen LogP contribution in [-0.4, -0.2) is 66.5 Å². The number of halogens is 4. The summed E-state index contributed by atoms with van der Waals surface area (Å²) < 4.78 is 84.8. The molecule has 1 amide bonds. The summed E-state index contributed by atoms with van der Waals surface area (Å²) in [6.45, 7) is 7.67. The molecule has 1 aromatic heterocycles. The van der Waals surface area contributed by atoms with Crippen molar-refractivity contribution in [1.82, 2.24) is 9.97 Å². The van der Waals surface area contributed by atoms with Crippen molar-refractivity contribution in [3.63, 3.8) is 0 Å². The number of nitrogens with zero attached hydrogens (tertiary/aromatic N) is 2. The average molecular weight is 572 g/mol. The van der Waals surface area contributed by atoms with Crippen molar-refractivity contribution in [1.29, 1.82) is 0 Å². The van der Waals surface area contributed by atoms with Gasteiger partial charge in [0.2, 0.25) is 0 Å². The molecule has 0 spiro atoms. The highest BCUT2D eigenvalue weighted by Gasteiger charge is 2.65. The Bertz CT molecular complexity index is 1230. The van der Waals surface area contributed by atoms with Gasteiger partial charge in [0.15, 0.2) is 17.2 Å². The first kappa shape index (κ1) is 30.1. The molecule has 2 saturated heterocycles. The second-order valence-electron chi connectivity index (χ2n) is 10.5. The summed E-state index contributed by atoms with van der Waals surface area (Å²) in [5, 5.41) is 2.56. The number of hydrogen-bond donors (Lipinski definition) is 1. The van der Waals surface area contributed by atoms with Crippen LogP contribution in [0.2, 0.25) is 0 Å². The van der Waals surface area contributed by atoms with Crippen molar-refractivity contribution in [2.24, 2.45) is 5.92 Å². The van der Waals surface area contributed by atoms with Crippen molar-refractivity contribution >= 4 is 11.6 Å².